The van der Waals surface area contributed by atoms with Crippen LogP contribution in [0.25, 0.3) is 11.6 Å². The van der Waals surface area contributed by atoms with Gasteiger partial charge >= 0.3 is 0 Å². The first-order valence-electron chi connectivity index (χ1n) is 8.02. The van der Waals surface area contributed by atoms with Crippen molar-refractivity contribution in [2.75, 3.05) is 32.1 Å². The zero-order chi connectivity index (χ0) is 15.5. The van der Waals surface area contributed by atoms with E-state index in [9.17, 15) is 0 Å². The van der Waals surface area contributed by atoms with E-state index in [0.29, 0.717) is 0 Å². The predicted molar refractivity (Wildman–Crippen MR) is 96.6 cm³/mol. The van der Waals surface area contributed by atoms with Gasteiger partial charge in [0.1, 0.15) is 0 Å². The lowest BCUT2D eigenvalue weighted by Gasteiger charge is -2.25. The summed E-state index contributed by atoms with van der Waals surface area (Å²) in [5.41, 5.74) is 6.72. The second-order valence-corrected chi connectivity index (χ2v) is 6.04. The normalized spacial score (nSPS) is 13.5. The average Bonchev–Trinajstić information content (AvgIpc) is 2.67. The number of fused-ring (bicyclic) bond motifs is 2. The summed E-state index contributed by atoms with van der Waals surface area (Å²) in [5, 5.41) is 0. The highest BCUT2D eigenvalue weighted by molar-refractivity contribution is 5.95. The Morgan fingerprint density at radius 3 is 2.32 bits per heavy atom. The van der Waals surface area contributed by atoms with Gasteiger partial charge in [0.15, 0.2) is 0 Å². The molecule has 0 N–H and O–H groups in total. The van der Waals surface area contributed by atoms with Crippen LogP contribution in [0, 0.1) is 0 Å². The molecule has 3 rings (SSSR count). The van der Waals surface area contributed by atoms with Gasteiger partial charge in [-0.2, -0.15) is 0 Å². The second-order valence-electron chi connectivity index (χ2n) is 6.04. The monoisotopic (exact) mass is 292 g/mol. The average molecular weight is 292 g/mol. The summed E-state index contributed by atoms with van der Waals surface area (Å²) in [4.78, 5) is 4.67. The third-order valence-corrected chi connectivity index (χ3v) is 4.24. The van der Waals surface area contributed by atoms with E-state index in [0.717, 1.165) is 19.5 Å². The number of rotatable bonds is 4. The van der Waals surface area contributed by atoms with E-state index < -0.39 is 0 Å². The van der Waals surface area contributed by atoms with Crippen molar-refractivity contribution in [3.8, 4) is 0 Å². The number of hydrogen-bond donors (Lipinski definition) is 0. The fourth-order valence-electron chi connectivity index (χ4n) is 3.12. The third-order valence-electron chi connectivity index (χ3n) is 4.24. The lowest BCUT2D eigenvalue weighted by atomic mass is 9.99. The smallest absolute Gasteiger partial charge is 0.0487 e. The molecule has 0 spiro atoms. The molecule has 0 fully saturated rings. The van der Waals surface area contributed by atoms with Gasteiger partial charge in [-0.25, -0.2) is 0 Å². The molecule has 1 heterocycles. The fraction of sp³-hybridized carbons (Fsp3) is 0.300. The van der Waals surface area contributed by atoms with Gasteiger partial charge in [-0.1, -0.05) is 36.4 Å². The van der Waals surface area contributed by atoms with Crippen LogP contribution in [0.5, 0.6) is 0 Å². The van der Waals surface area contributed by atoms with Gasteiger partial charge in [0.25, 0.3) is 0 Å². The number of anilines is 2. The van der Waals surface area contributed by atoms with E-state index in [2.05, 4.69) is 85.4 Å². The topological polar surface area (TPSA) is 6.48 Å². The Morgan fingerprint density at radius 1 is 0.909 bits per heavy atom. The molecule has 0 atom stereocenters. The maximum absolute atomic E-state index is 2.42. The van der Waals surface area contributed by atoms with Crippen molar-refractivity contribution in [3.63, 3.8) is 0 Å². The van der Waals surface area contributed by atoms with Crippen molar-refractivity contribution in [1.82, 2.24) is 4.90 Å². The molecule has 0 saturated carbocycles. The molecule has 2 heteroatoms. The van der Waals surface area contributed by atoms with Gasteiger partial charge in [0.05, 0.1) is 0 Å². The molecule has 0 saturated heterocycles. The van der Waals surface area contributed by atoms with Gasteiger partial charge in [-0.05, 0) is 56.8 Å². The summed E-state index contributed by atoms with van der Waals surface area (Å²) in [7, 11) is 4.27. The number of nitrogens with zero attached hydrogens (tertiary/aromatic N) is 2. The van der Waals surface area contributed by atoms with Crippen molar-refractivity contribution < 1.29 is 0 Å². The molecule has 0 bridgehead atoms. The van der Waals surface area contributed by atoms with E-state index in [1.165, 1.54) is 28.1 Å². The Kier molecular flexibility index (Phi) is 4.30. The van der Waals surface area contributed by atoms with Crippen LogP contribution >= 0.6 is 0 Å². The summed E-state index contributed by atoms with van der Waals surface area (Å²) < 4.78 is 0. The van der Waals surface area contributed by atoms with Crippen molar-refractivity contribution in [2.45, 2.75) is 13.3 Å². The zero-order valence-electron chi connectivity index (χ0n) is 13.7. The van der Waals surface area contributed by atoms with Crippen molar-refractivity contribution in [3.05, 3.63) is 59.7 Å². The Morgan fingerprint density at radius 2 is 1.59 bits per heavy atom. The number of hydrogen-bond acceptors (Lipinski definition) is 2. The van der Waals surface area contributed by atoms with Gasteiger partial charge in [0.2, 0.25) is 0 Å². The molecule has 0 unspecified atom stereocenters. The van der Waals surface area contributed by atoms with Crippen LogP contribution in [0.4, 0.5) is 11.4 Å². The molecule has 1 aliphatic rings. The maximum Gasteiger partial charge on any atom is 0.0487 e. The molecule has 22 heavy (non-hydrogen) atoms. The SMILES string of the molecule is CCN1c2ccccc2C=C(CCN(C)C)c2ccccc21. The Balaban J connectivity index is 2.15. The first-order valence-corrected chi connectivity index (χ1v) is 8.02. The van der Waals surface area contributed by atoms with E-state index in [4.69, 9.17) is 0 Å². The maximum atomic E-state index is 2.42. The Labute approximate surface area is 133 Å². The van der Waals surface area contributed by atoms with E-state index in [-0.39, 0.29) is 0 Å². The third kappa shape index (κ3) is 2.79. The van der Waals surface area contributed by atoms with Crippen LogP contribution in [-0.2, 0) is 0 Å². The molecule has 2 nitrogen and oxygen atoms in total. The van der Waals surface area contributed by atoms with Gasteiger partial charge in [0, 0.05) is 30.0 Å². The van der Waals surface area contributed by atoms with E-state index >= 15 is 0 Å². The molecule has 1 aliphatic heterocycles. The molecule has 0 amide bonds. The highest BCUT2D eigenvalue weighted by Gasteiger charge is 2.19. The number of para-hydroxylation sites is 2. The quantitative estimate of drug-likeness (QED) is 0.809. The predicted octanol–water partition coefficient (Wildman–Crippen LogP) is 4.65. The van der Waals surface area contributed by atoms with Crippen LogP contribution in [0.2, 0.25) is 0 Å². The Hall–Kier alpha value is -2.06. The minimum atomic E-state index is 0.975. The van der Waals surface area contributed by atoms with Crippen LogP contribution in [0.15, 0.2) is 48.5 Å². The van der Waals surface area contributed by atoms with Crippen molar-refractivity contribution in [2.24, 2.45) is 0 Å². The zero-order valence-corrected chi connectivity index (χ0v) is 13.7. The van der Waals surface area contributed by atoms with E-state index in [1.54, 1.807) is 0 Å². The lowest BCUT2D eigenvalue weighted by molar-refractivity contribution is 0.420. The van der Waals surface area contributed by atoms with E-state index in [1.807, 2.05) is 0 Å². The molecular weight excluding hydrogens is 268 g/mol. The minimum absolute atomic E-state index is 0.975. The molecule has 0 aromatic heterocycles. The Bertz CT molecular complexity index is 686. The first-order chi connectivity index (χ1) is 10.7. The molecule has 2 aromatic carbocycles. The largest absolute Gasteiger partial charge is 0.341 e. The van der Waals surface area contributed by atoms with Gasteiger partial charge in [-0.15, -0.1) is 0 Å². The van der Waals surface area contributed by atoms with Gasteiger partial charge in [-0.3, -0.25) is 0 Å². The molecule has 0 radical (unpaired) electrons. The highest BCUT2D eigenvalue weighted by atomic mass is 15.1. The number of benzene rings is 2. The second kappa shape index (κ2) is 6.37. The summed E-state index contributed by atoms with van der Waals surface area (Å²) in [6.45, 7) is 4.26. The van der Waals surface area contributed by atoms with Crippen LogP contribution in [0.3, 0.4) is 0 Å². The lowest BCUT2D eigenvalue weighted by Crippen LogP contribution is -2.17. The van der Waals surface area contributed by atoms with Crippen LogP contribution in [0.1, 0.15) is 24.5 Å². The highest BCUT2D eigenvalue weighted by Crippen LogP contribution is 2.40. The summed E-state index contributed by atoms with van der Waals surface area (Å²) >= 11 is 0. The molecular formula is C20H24N2. The van der Waals surface area contributed by atoms with Crippen LogP contribution < -0.4 is 4.90 Å². The van der Waals surface area contributed by atoms with Crippen molar-refractivity contribution in [1.29, 1.82) is 0 Å². The molecule has 0 aliphatic carbocycles. The van der Waals surface area contributed by atoms with Crippen LogP contribution in [-0.4, -0.2) is 32.1 Å². The summed E-state index contributed by atoms with van der Waals surface area (Å²) in [6, 6.07) is 17.5. The minimum Gasteiger partial charge on any atom is -0.341 e. The molecule has 2 aromatic rings. The first kappa shape index (κ1) is 14.9. The van der Waals surface area contributed by atoms with Crippen molar-refractivity contribution >= 4 is 23.0 Å². The fourth-order valence-corrected chi connectivity index (χ4v) is 3.12. The molecule has 114 valence electrons. The standard InChI is InChI=1S/C20H24N2/c1-4-22-19-11-7-5-9-17(19)15-16(13-14-21(2)3)18-10-6-8-12-20(18)22/h5-12,15H,4,13-14H2,1-3H3. The van der Waals surface area contributed by atoms with Gasteiger partial charge < -0.3 is 9.80 Å². The summed E-state index contributed by atoms with van der Waals surface area (Å²) in [5.74, 6) is 0. The summed E-state index contributed by atoms with van der Waals surface area (Å²) in [6.07, 6.45) is 3.43.